The number of aryl methyl sites for hydroxylation is 1. The first-order chi connectivity index (χ1) is 9.32. The molecule has 0 amide bonds. The topological polar surface area (TPSA) is 94.9 Å². The van der Waals surface area contributed by atoms with Gasteiger partial charge in [-0.05, 0) is 37.5 Å². The molecule has 0 aliphatic carbocycles. The Bertz CT molecular complexity index is 626. The van der Waals surface area contributed by atoms with Gasteiger partial charge in [0.1, 0.15) is 0 Å². The van der Waals surface area contributed by atoms with E-state index in [-0.39, 0.29) is 17.0 Å². The number of hydrogen-bond acceptors (Lipinski definition) is 4. The van der Waals surface area contributed by atoms with Gasteiger partial charge in [-0.1, -0.05) is 6.07 Å². The lowest BCUT2D eigenvalue weighted by Crippen LogP contribution is -2.42. The van der Waals surface area contributed by atoms with Gasteiger partial charge < -0.3 is 10.2 Å². The molecule has 1 saturated heterocycles. The molecule has 1 heterocycles. The molecule has 0 radical (unpaired) electrons. The van der Waals surface area contributed by atoms with Crippen molar-refractivity contribution in [1.82, 2.24) is 4.31 Å². The van der Waals surface area contributed by atoms with Gasteiger partial charge in [-0.15, -0.1) is 0 Å². The molecular formula is C13H17NO5S. The van der Waals surface area contributed by atoms with Crippen molar-refractivity contribution in [3.8, 4) is 0 Å². The third kappa shape index (κ3) is 2.84. The van der Waals surface area contributed by atoms with E-state index in [4.69, 9.17) is 5.11 Å². The number of hydrogen-bond donors (Lipinski definition) is 2. The van der Waals surface area contributed by atoms with Crippen LogP contribution in [0.15, 0.2) is 23.1 Å². The summed E-state index contributed by atoms with van der Waals surface area (Å²) in [6, 6.07) is 4.03. The second-order valence-corrected chi connectivity index (χ2v) is 6.85. The smallest absolute Gasteiger partial charge is 0.335 e. The Hall–Kier alpha value is -1.44. The maximum absolute atomic E-state index is 12.6. The lowest BCUT2D eigenvalue weighted by atomic mass is 10.1. The number of carboxylic acids is 1. The van der Waals surface area contributed by atoms with E-state index in [1.165, 1.54) is 22.5 Å². The van der Waals surface area contributed by atoms with Crippen LogP contribution in [0.25, 0.3) is 0 Å². The van der Waals surface area contributed by atoms with Crippen molar-refractivity contribution in [2.24, 2.45) is 0 Å². The molecule has 0 unspecified atom stereocenters. The molecule has 2 N–H and O–H groups in total. The van der Waals surface area contributed by atoms with E-state index in [0.29, 0.717) is 24.9 Å². The van der Waals surface area contributed by atoms with Gasteiger partial charge in [0.25, 0.3) is 0 Å². The fourth-order valence-electron chi connectivity index (χ4n) is 2.29. The van der Waals surface area contributed by atoms with Gasteiger partial charge in [-0.2, -0.15) is 4.31 Å². The summed E-state index contributed by atoms with van der Waals surface area (Å²) in [6.45, 7) is 2.02. The van der Waals surface area contributed by atoms with Crippen molar-refractivity contribution in [1.29, 1.82) is 0 Å². The molecule has 0 spiro atoms. The van der Waals surface area contributed by atoms with Gasteiger partial charge in [0.05, 0.1) is 16.6 Å². The molecule has 20 heavy (non-hydrogen) atoms. The number of β-amino-alcohol motifs (C(OH)–C–C–N with tert-alkyl or cyclic N) is 1. The summed E-state index contributed by atoms with van der Waals surface area (Å²) in [7, 11) is -3.77. The van der Waals surface area contributed by atoms with E-state index in [0.717, 1.165) is 0 Å². The monoisotopic (exact) mass is 299 g/mol. The van der Waals surface area contributed by atoms with Crippen LogP contribution in [-0.2, 0) is 10.0 Å². The standard InChI is InChI=1S/C13H17NO5S/c1-9-4-5-10(13(16)17)7-12(9)20(18,19)14-6-2-3-11(15)8-14/h4-5,7,11,15H,2-3,6,8H2,1H3,(H,16,17)/t11-/m0/s1. The summed E-state index contributed by atoms with van der Waals surface area (Å²) >= 11 is 0. The zero-order valence-corrected chi connectivity index (χ0v) is 11.9. The van der Waals surface area contributed by atoms with Gasteiger partial charge >= 0.3 is 5.97 Å². The summed E-state index contributed by atoms with van der Waals surface area (Å²) in [5, 5.41) is 18.6. The van der Waals surface area contributed by atoms with Crippen molar-refractivity contribution in [3.63, 3.8) is 0 Å². The fourth-order valence-corrected chi connectivity index (χ4v) is 4.06. The Morgan fingerprint density at radius 3 is 2.70 bits per heavy atom. The quantitative estimate of drug-likeness (QED) is 0.862. The van der Waals surface area contributed by atoms with Gasteiger partial charge in [0.2, 0.25) is 10.0 Å². The molecule has 0 bridgehead atoms. The van der Waals surface area contributed by atoms with Crippen LogP contribution in [-0.4, -0.2) is 48.1 Å². The minimum absolute atomic E-state index is 0.00787. The number of aliphatic hydroxyl groups is 1. The molecule has 6 nitrogen and oxygen atoms in total. The van der Waals surface area contributed by atoms with E-state index >= 15 is 0 Å². The van der Waals surface area contributed by atoms with E-state index in [1.54, 1.807) is 6.92 Å². The van der Waals surface area contributed by atoms with Crippen LogP contribution in [0, 0.1) is 6.92 Å². The predicted molar refractivity (Wildman–Crippen MR) is 72.1 cm³/mol. The predicted octanol–water partition coefficient (Wildman–Crippen LogP) is 0.839. The van der Waals surface area contributed by atoms with Crippen LogP contribution in [0.3, 0.4) is 0 Å². The minimum Gasteiger partial charge on any atom is -0.478 e. The lowest BCUT2D eigenvalue weighted by Gasteiger charge is -2.29. The summed E-state index contributed by atoms with van der Waals surface area (Å²) in [5.41, 5.74) is 0.432. The molecule has 1 aliphatic rings. The molecule has 2 rings (SSSR count). The second kappa shape index (κ2) is 5.51. The van der Waals surface area contributed by atoms with E-state index in [1.807, 2.05) is 0 Å². The number of rotatable bonds is 3. The average Bonchev–Trinajstić information content (AvgIpc) is 2.38. The Morgan fingerprint density at radius 2 is 2.10 bits per heavy atom. The SMILES string of the molecule is Cc1ccc(C(=O)O)cc1S(=O)(=O)N1CCC[C@H](O)C1. The number of nitrogens with zero attached hydrogens (tertiary/aromatic N) is 1. The van der Waals surface area contributed by atoms with Gasteiger partial charge in [-0.3, -0.25) is 0 Å². The van der Waals surface area contributed by atoms with E-state index in [9.17, 15) is 18.3 Å². The van der Waals surface area contributed by atoms with Crippen LogP contribution in [0.5, 0.6) is 0 Å². The van der Waals surface area contributed by atoms with Crippen LogP contribution in [0.2, 0.25) is 0 Å². The molecule has 0 saturated carbocycles. The van der Waals surface area contributed by atoms with Crippen LogP contribution < -0.4 is 0 Å². The number of piperidine rings is 1. The third-order valence-corrected chi connectivity index (χ3v) is 5.42. The zero-order valence-electron chi connectivity index (χ0n) is 11.1. The van der Waals surface area contributed by atoms with Crippen molar-refractivity contribution >= 4 is 16.0 Å². The number of benzene rings is 1. The van der Waals surface area contributed by atoms with Crippen molar-refractivity contribution in [3.05, 3.63) is 29.3 Å². The minimum atomic E-state index is -3.77. The molecule has 1 aromatic rings. The molecule has 1 aliphatic heterocycles. The zero-order chi connectivity index (χ0) is 14.9. The maximum Gasteiger partial charge on any atom is 0.335 e. The van der Waals surface area contributed by atoms with Crippen LogP contribution in [0.1, 0.15) is 28.8 Å². The summed E-state index contributed by atoms with van der Waals surface area (Å²) in [5.74, 6) is -1.17. The highest BCUT2D eigenvalue weighted by Gasteiger charge is 2.30. The molecule has 1 aromatic carbocycles. The van der Waals surface area contributed by atoms with Gasteiger partial charge in [-0.25, -0.2) is 13.2 Å². The molecular weight excluding hydrogens is 282 g/mol. The Labute approximate surface area is 117 Å². The van der Waals surface area contributed by atoms with Crippen molar-refractivity contribution < 1.29 is 23.4 Å². The molecule has 1 atom stereocenters. The number of aliphatic hydroxyl groups excluding tert-OH is 1. The number of carboxylic acid groups (broad SMARTS) is 1. The van der Waals surface area contributed by atoms with Crippen LogP contribution in [0.4, 0.5) is 0 Å². The Balaban J connectivity index is 2.43. The van der Waals surface area contributed by atoms with Crippen LogP contribution >= 0.6 is 0 Å². The highest BCUT2D eigenvalue weighted by Crippen LogP contribution is 2.24. The first kappa shape index (κ1) is 15.0. The second-order valence-electron chi connectivity index (χ2n) is 4.94. The Morgan fingerprint density at radius 1 is 1.40 bits per heavy atom. The van der Waals surface area contributed by atoms with Gasteiger partial charge in [0.15, 0.2) is 0 Å². The molecule has 0 aromatic heterocycles. The maximum atomic E-state index is 12.6. The number of sulfonamides is 1. The third-order valence-electron chi connectivity index (χ3n) is 3.41. The number of aromatic carboxylic acids is 1. The fraction of sp³-hybridized carbons (Fsp3) is 0.462. The van der Waals surface area contributed by atoms with E-state index < -0.39 is 22.1 Å². The Kier molecular flexibility index (Phi) is 4.12. The molecule has 1 fully saturated rings. The first-order valence-corrected chi connectivity index (χ1v) is 7.78. The van der Waals surface area contributed by atoms with Crippen molar-refractivity contribution in [2.45, 2.75) is 30.8 Å². The average molecular weight is 299 g/mol. The normalized spacial score (nSPS) is 20.8. The highest BCUT2D eigenvalue weighted by molar-refractivity contribution is 7.89. The first-order valence-electron chi connectivity index (χ1n) is 6.34. The number of carbonyl (C=O) groups is 1. The summed E-state index contributed by atoms with van der Waals surface area (Å²) in [6.07, 6.45) is 0.514. The molecule has 7 heteroatoms. The van der Waals surface area contributed by atoms with Crippen molar-refractivity contribution in [2.75, 3.05) is 13.1 Å². The summed E-state index contributed by atoms with van der Waals surface area (Å²) < 4.78 is 26.3. The summed E-state index contributed by atoms with van der Waals surface area (Å²) in [4.78, 5) is 11.0. The lowest BCUT2D eigenvalue weighted by molar-refractivity contribution is 0.0696. The van der Waals surface area contributed by atoms with E-state index in [2.05, 4.69) is 0 Å². The highest BCUT2D eigenvalue weighted by atomic mass is 32.2. The van der Waals surface area contributed by atoms with Gasteiger partial charge in [0, 0.05) is 13.1 Å². The largest absolute Gasteiger partial charge is 0.478 e. The molecule has 110 valence electrons.